The molecule has 11 heteroatoms. The average molecular weight is 843 g/mol. The maximum absolute atomic E-state index is 12.1. The van der Waals surface area contributed by atoms with Crippen molar-refractivity contribution in [2.75, 3.05) is 39.6 Å². The van der Waals surface area contributed by atoms with Crippen molar-refractivity contribution >= 4 is 23.9 Å². The van der Waals surface area contributed by atoms with Crippen LogP contribution in [0.15, 0.2) is 50.1 Å². The van der Waals surface area contributed by atoms with Gasteiger partial charge in [0, 0.05) is 18.2 Å². The van der Waals surface area contributed by atoms with E-state index in [1.807, 2.05) is 0 Å². The molecule has 0 saturated carbocycles. The molecular weight excluding hydrogens is 765 g/mol. The first-order valence-electron chi connectivity index (χ1n) is 23.0. The zero-order chi connectivity index (χ0) is 43.7. The average Bonchev–Trinajstić information content (AvgIpc) is 3.25. The number of aromatic carboxylic acids is 1. The third-order valence-electron chi connectivity index (χ3n) is 10.1. The second-order valence-electron chi connectivity index (χ2n) is 15.3. The van der Waals surface area contributed by atoms with Crippen molar-refractivity contribution < 1.29 is 52.7 Å². The number of ether oxygens (including phenoxy) is 6. The number of carboxylic acid groups (broad SMARTS) is 1. The SMILES string of the molecule is C=CC(=O)OCCCCCCCCCCCOc1cc(C(=O)O)cc(OCCCCCCCCCCCOC(=O)C=C)c1OCCCCCCCCCCCOC(=O)C=C. The van der Waals surface area contributed by atoms with Gasteiger partial charge in [-0.15, -0.1) is 0 Å². The number of rotatable bonds is 43. The van der Waals surface area contributed by atoms with E-state index < -0.39 is 5.97 Å². The number of carbonyl (C=O) groups excluding carboxylic acids is 3. The van der Waals surface area contributed by atoms with Gasteiger partial charge in [-0.3, -0.25) is 0 Å². The van der Waals surface area contributed by atoms with Crippen LogP contribution in [0.25, 0.3) is 0 Å². The molecule has 0 radical (unpaired) electrons. The molecule has 1 aromatic carbocycles. The first-order chi connectivity index (χ1) is 29.3. The van der Waals surface area contributed by atoms with Gasteiger partial charge < -0.3 is 33.5 Å². The van der Waals surface area contributed by atoms with E-state index in [0.29, 0.717) is 56.9 Å². The van der Waals surface area contributed by atoms with E-state index in [1.165, 1.54) is 43.9 Å². The molecule has 1 aromatic rings. The van der Waals surface area contributed by atoms with E-state index in [4.69, 9.17) is 28.4 Å². The van der Waals surface area contributed by atoms with Crippen LogP contribution < -0.4 is 14.2 Å². The molecule has 1 N–H and O–H groups in total. The van der Waals surface area contributed by atoms with Crippen LogP contribution >= 0.6 is 0 Å². The van der Waals surface area contributed by atoms with Crippen LogP contribution in [0.3, 0.4) is 0 Å². The highest BCUT2D eigenvalue weighted by Gasteiger charge is 2.19. The topological polar surface area (TPSA) is 144 Å². The summed E-state index contributed by atoms with van der Waals surface area (Å²) < 4.78 is 33.8. The molecule has 11 nitrogen and oxygen atoms in total. The molecule has 0 atom stereocenters. The summed E-state index contributed by atoms with van der Waals surface area (Å²) in [5.41, 5.74) is 0.114. The van der Waals surface area contributed by atoms with Gasteiger partial charge in [-0.1, -0.05) is 155 Å². The van der Waals surface area contributed by atoms with Gasteiger partial charge in [-0.05, 0) is 50.7 Å². The molecule has 1 rings (SSSR count). The number of esters is 3. The van der Waals surface area contributed by atoms with E-state index in [2.05, 4.69) is 19.7 Å². The standard InChI is InChI=1S/C49H78O11/c1-4-45(50)57-36-30-24-18-12-7-10-16-22-28-34-55-43-40-42(49(53)54)41-44(56-35-29-23-17-11-8-13-19-25-31-37-58-46(51)5-2)48(43)60-39-33-27-21-15-9-14-20-26-32-38-59-47(52)6-3/h4-6,40-41H,1-3,7-39H2,(H,53,54). The summed E-state index contributed by atoms with van der Waals surface area (Å²) >= 11 is 0. The van der Waals surface area contributed by atoms with Crippen molar-refractivity contribution in [3.63, 3.8) is 0 Å². The molecule has 0 aromatic heterocycles. The summed E-state index contributed by atoms with van der Waals surface area (Å²) in [7, 11) is 0. The van der Waals surface area contributed by atoms with Crippen LogP contribution in [-0.4, -0.2) is 68.6 Å². The quantitative estimate of drug-likeness (QED) is 0.0290. The molecule has 0 spiro atoms. The number of hydrogen-bond acceptors (Lipinski definition) is 10. The molecule has 0 saturated heterocycles. The second-order valence-corrected chi connectivity index (χ2v) is 15.3. The first-order valence-corrected chi connectivity index (χ1v) is 23.0. The summed E-state index contributed by atoms with van der Waals surface area (Å²) in [6, 6.07) is 3.11. The van der Waals surface area contributed by atoms with Crippen molar-refractivity contribution in [1.29, 1.82) is 0 Å². The highest BCUT2D eigenvalue weighted by Crippen LogP contribution is 2.40. The molecule has 0 amide bonds. The van der Waals surface area contributed by atoms with Crippen LogP contribution in [0.2, 0.25) is 0 Å². The Morgan fingerprint density at radius 1 is 0.383 bits per heavy atom. The fourth-order valence-corrected chi connectivity index (χ4v) is 6.62. The van der Waals surface area contributed by atoms with Gasteiger partial charge in [-0.25, -0.2) is 19.2 Å². The highest BCUT2D eigenvalue weighted by atomic mass is 16.5. The second kappa shape index (κ2) is 38.9. The van der Waals surface area contributed by atoms with E-state index in [0.717, 1.165) is 148 Å². The molecule has 0 aliphatic carbocycles. The number of carbonyl (C=O) groups is 4. The van der Waals surface area contributed by atoms with Crippen molar-refractivity contribution in [3.05, 3.63) is 55.7 Å². The highest BCUT2D eigenvalue weighted by molar-refractivity contribution is 5.89. The van der Waals surface area contributed by atoms with Gasteiger partial charge in [0.1, 0.15) is 0 Å². The maximum atomic E-state index is 12.1. The van der Waals surface area contributed by atoms with E-state index >= 15 is 0 Å². The Morgan fingerprint density at radius 2 is 0.617 bits per heavy atom. The minimum atomic E-state index is -1.04. The molecule has 0 heterocycles. The predicted octanol–water partition coefficient (Wildman–Crippen LogP) is 12.2. The third-order valence-corrected chi connectivity index (χ3v) is 10.1. The number of benzene rings is 1. The molecule has 0 aliphatic rings. The molecule has 60 heavy (non-hydrogen) atoms. The van der Waals surface area contributed by atoms with Crippen LogP contribution in [-0.2, 0) is 28.6 Å². The third kappa shape index (κ3) is 30.7. The summed E-state index contributed by atoms with van der Waals surface area (Å²) in [6.45, 7) is 13.0. The fraction of sp³-hybridized carbons (Fsp3) is 0.673. The van der Waals surface area contributed by atoms with Gasteiger partial charge in [0.15, 0.2) is 11.5 Å². The summed E-state index contributed by atoms with van der Waals surface area (Å²) in [4.78, 5) is 45.5. The molecule has 340 valence electrons. The minimum absolute atomic E-state index is 0.114. The fourth-order valence-electron chi connectivity index (χ4n) is 6.62. The minimum Gasteiger partial charge on any atom is -0.490 e. The van der Waals surface area contributed by atoms with Gasteiger partial charge >= 0.3 is 23.9 Å². The number of hydrogen-bond donors (Lipinski definition) is 1. The van der Waals surface area contributed by atoms with Crippen molar-refractivity contribution in [2.24, 2.45) is 0 Å². The Hall–Kier alpha value is -4.28. The Bertz CT molecular complexity index is 1260. The summed E-state index contributed by atoms with van der Waals surface area (Å²) in [5.74, 6) is -0.811. The smallest absolute Gasteiger partial charge is 0.335 e. The van der Waals surface area contributed by atoms with Crippen LogP contribution in [0, 0.1) is 0 Å². The van der Waals surface area contributed by atoms with E-state index in [1.54, 1.807) is 12.1 Å². The Labute approximate surface area is 361 Å². The molecule has 0 bridgehead atoms. The van der Waals surface area contributed by atoms with E-state index in [9.17, 15) is 24.3 Å². The lowest BCUT2D eigenvalue weighted by Gasteiger charge is -2.18. The maximum Gasteiger partial charge on any atom is 0.335 e. The lowest BCUT2D eigenvalue weighted by atomic mass is 10.1. The lowest BCUT2D eigenvalue weighted by molar-refractivity contribution is -0.138. The number of carboxylic acids is 1. The normalized spacial score (nSPS) is 10.7. The zero-order valence-corrected chi connectivity index (χ0v) is 36.9. The van der Waals surface area contributed by atoms with Crippen molar-refractivity contribution in [2.45, 2.75) is 173 Å². The van der Waals surface area contributed by atoms with E-state index in [-0.39, 0.29) is 23.5 Å². The summed E-state index contributed by atoms with van der Waals surface area (Å²) in [5, 5.41) is 9.93. The zero-order valence-electron chi connectivity index (χ0n) is 36.9. The Morgan fingerprint density at radius 3 is 0.867 bits per heavy atom. The van der Waals surface area contributed by atoms with Crippen molar-refractivity contribution in [1.82, 2.24) is 0 Å². The van der Waals surface area contributed by atoms with Crippen LogP contribution in [0.1, 0.15) is 184 Å². The van der Waals surface area contributed by atoms with Gasteiger partial charge in [0.05, 0.1) is 45.2 Å². The molecule has 0 aliphatic heterocycles. The van der Waals surface area contributed by atoms with Crippen LogP contribution in [0.5, 0.6) is 17.2 Å². The van der Waals surface area contributed by atoms with Crippen molar-refractivity contribution in [3.8, 4) is 17.2 Å². The largest absolute Gasteiger partial charge is 0.490 e. The predicted molar refractivity (Wildman–Crippen MR) is 238 cm³/mol. The van der Waals surface area contributed by atoms with Gasteiger partial charge in [0.25, 0.3) is 0 Å². The number of unbranched alkanes of at least 4 members (excludes halogenated alkanes) is 24. The molecular formula is C49H78O11. The first kappa shape index (κ1) is 53.7. The Balaban J connectivity index is 2.55. The van der Waals surface area contributed by atoms with Crippen LogP contribution in [0.4, 0.5) is 0 Å². The van der Waals surface area contributed by atoms with Gasteiger partial charge in [-0.2, -0.15) is 0 Å². The Kier molecular flexibility index (Phi) is 34.8. The molecule has 0 fully saturated rings. The van der Waals surface area contributed by atoms with Gasteiger partial charge in [0.2, 0.25) is 5.75 Å². The molecule has 0 unspecified atom stereocenters. The summed E-state index contributed by atoms with van der Waals surface area (Å²) in [6.07, 6.45) is 32.2. The monoisotopic (exact) mass is 843 g/mol. The lowest BCUT2D eigenvalue weighted by Crippen LogP contribution is -2.08.